The Labute approximate surface area is 418 Å². The number of carbonyl (C=O) groups excluding carboxylic acids is 6. The quantitative estimate of drug-likeness (QED) is 0.0362. The number of aromatic nitrogens is 2. The van der Waals surface area contributed by atoms with E-state index < -0.39 is 102 Å². The van der Waals surface area contributed by atoms with Gasteiger partial charge in [0, 0.05) is 43.9 Å². The fraction of sp³-hybridized carbons (Fsp3) is 0.451. The summed E-state index contributed by atoms with van der Waals surface area (Å²) < 4.78 is 0. The minimum absolute atomic E-state index is 0.0000296. The van der Waals surface area contributed by atoms with E-state index in [1.165, 1.54) is 31.6 Å². The fourth-order valence-corrected chi connectivity index (χ4v) is 8.39. The Bertz CT molecular complexity index is 2390. The molecule has 1 fully saturated rings. The number of carbonyl (C=O) groups is 7. The molecular formula is C51H68N10O11. The monoisotopic (exact) mass is 997 g/mol. The lowest BCUT2D eigenvalue weighted by molar-refractivity contribution is -0.150. The number of aliphatic hydroxyl groups is 2. The number of carboxylic acid groups (broad SMARTS) is 1. The number of nitrogens with zero attached hydrogens (tertiary/aromatic N) is 2. The van der Waals surface area contributed by atoms with Crippen LogP contribution in [-0.4, -0.2) is 151 Å². The first-order valence-electron chi connectivity index (χ1n) is 24.1. The number of hydrogen-bond donors (Lipinski definition) is 12. The van der Waals surface area contributed by atoms with Gasteiger partial charge in [-0.1, -0.05) is 86.6 Å². The van der Waals surface area contributed by atoms with Crippen LogP contribution in [0.15, 0.2) is 97.5 Å². The predicted octanol–water partition coefficient (Wildman–Crippen LogP) is -0.410. The van der Waals surface area contributed by atoms with Crippen LogP contribution in [0.4, 0.5) is 0 Å². The number of nitrogens with one attached hydrogen (secondary N) is 7. The summed E-state index contributed by atoms with van der Waals surface area (Å²) in [5.41, 5.74) is 8.35. The first kappa shape index (κ1) is 55.7. The zero-order valence-corrected chi connectivity index (χ0v) is 40.7. The molecule has 1 aliphatic heterocycles. The molecular weight excluding hydrogens is 929 g/mol. The van der Waals surface area contributed by atoms with Crippen molar-refractivity contribution in [1.82, 2.24) is 46.8 Å². The zero-order chi connectivity index (χ0) is 52.3. The molecule has 3 aromatic carbocycles. The molecule has 0 saturated carbocycles. The third-order valence-electron chi connectivity index (χ3n) is 12.2. The number of nitrogens with two attached hydrogens (primary N) is 1. The minimum atomic E-state index is -1.49. The van der Waals surface area contributed by atoms with Gasteiger partial charge in [-0.15, -0.1) is 0 Å². The number of aliphatic carboxylic acids is 1. The van der Waals surface area contributed by atoms with Crippen LogP contribution in [0.5, 0.6) is 5.75 Å². The molecule has 2 heterocycles. The molecule has 1 saturated heterocycles. The van der Waals surface area contributed by atoms with Crippen molar-refractivity contribution in [1.29, 1.82) is 0 Å². The second kappa shape index (κ2) is 27.4. The number of phenols is 1. The highest BCUT2D eigenvalue weighted by Gasteiger charge is 2.40. The van der Waals surface area contributed by atoms with E-state index in [9.17, 15) is 54.0 Å². The van der Waals surface area contributed by atoms with Crippen molar-refractivity contribution in [3.8, 4) is 5.75 Å². The fourth-order valence-electron chi connectivity index (χ4n) is 8.39. The van der Waals surface area contributed by atoms with Gasteiger partial charge in [0.05, 0.1) is 25.1 Å². The summed E-state index contributed by atoms with van der Waals surface area (Å²) >= 11 is 0. The Hall–Kier alpha value is -7.20. The number of imidazole rings is 1. The Morgan fingerprint density at radius 3 is 1.82 bits per heavy atom. The van der Waals surface area contributed by atoms with Crippen LogP contribution in [-0.2, 0) is 59.2 Å². The molecule has 1 aromatic heterocycles. The van der Waals surface area contributed by atoms with Crippen molar-refractivity contribution in [3.05, 3.63) is 120 Å². The van der Waals surface area contributed by atoms with E-state index in [1.54, 1.807) is 42.5 Å². The van der Waals surface area contributed by atoms with E-state index in [2.05, 4.69) is 41.9 Å². The van der Waals surface area contributed by atoms with Gasteiger partial charge in [0.1, 0.15) is 42.0 Å². The smallest absolute Gasteiger partial charge is 0.326 e. The number of rotatable bonds is 27. The van der Waals surface area contributed by atoms with Gasteiger partial charge in [-0.3, -0.25) is 28.8 Å². The van der Waals surface area contributed by atoms with Crippen molar-refractivity contribution >= 4 is 41.4 Å². The molecule has 0 unspecified atom stereocenters. The molecule has 1 aliphatic rings. The number of likely N-dealkylation sites (tertiary alicyclic amines) is 1. The Kier molecular flexibility index (Phi) is 21.2. The molecule has 13 N–H and O–H groups in total. The highest BCUT2D eigenvalue weighted by molar-refractivity contribution is 5.95. The molecule has 0 spiro atoms. The molecule has 0 aliphatic carbocycles. The van der Waals surface area contributed by atoms with Gasteiger partial charge in [0.2, 0.25) is 35.4 Å². The highest BCUT2D eigenvalue weighted by atomic mass is 16.4. The SMILES string of the molecule is CC(C)C[C@H](NC(=O)[C@@H](N)CO)C(=O)N[C@@H](Cc1ccccc1)C(=O)N[C@@H](Cc1cnc[nH]1)C(=O)N[C@H](CN[C@@H](Cc1ccc(O)cc1)C(=O)N[C@H](C(=O)N1CCC[C@H]1C(=O)O)[C@@H](C)O)Cc1ccccc1. The first-order valence-corrected chi connectivity index (χ1v) is 24.1. The van der Waals surface area contributed by atoms with Gasteiger partial charge in [0.25, 0.3) is 0 Å². The number of aromatic amines is 1. The number of H-pyrrole nitrogens is 1. The Morgan fingerprint density at radius 1 is 0.708 bits per heavy atom. The van der Waals surface area contributed by atoms with Crippen LogP contribution in [0.2, 0.25) is 0 Å². The Balaban J connectivity index is 1.42. The molecule has 21 nitrogen and oxygen atoms in total. The van der Waals surface area contributed by atoms with Gasteiger partial charge in [0.15, 0.2) is 0 Å². The number of benzene rings is 3. The maximum Gasteiger partial charge on any atom is 0.326 e. The van der Waals surface area contributed by atoms with Crippen LogP contribution in [0.1, 0.15) is 62.4 Å². The van der Waals surface area contributed by atoms with Crippen molar-refractivity contribution in [2.45, 2.75) is 120 Å². The standard InChI is InChI=1S/C51H68N10O11/c1-30(2)21-40(57-45(65)38(52)28-62)48(68)58-41(24-33-13-8-5-9-14-33)49(69)59-42(25-35-26-53-29-55-35)47(67)56-36(22-32-11-6-4-7-12-32)27-54-39(23-34-16-18-37(64)19-17-34)46(66)60-44(31(3)63)50(70)61-20-10-15-43(61)51(71)72/h4-9,11-14,16-19,26,29-31,36,38-44,54,62-64H,10,15,20-25,27-28,52H2,1-3H3,(H,53,55)(H,56,67)(H,57,65)(H,58,68)(H,59,69)(H,60,66)(H,71,72)/t31-,36+,38+,39+,40+,41+,42+,43+,44+/m1/s1. The van der Waals surface area contributed by atoms with E-state index in [0.29, 0.717) is 23.2 Å². The average Bonchev–Trinajstić information content (AvgIpc) is 4.08. The molecule has 6 amide bonds. The maximum atomic E-state index is 14.7. The third kappa shape index (κ3) is 17.0. The molecule has 0 bridgehead atoms. The number of aliphatic hydroxyl groups excluding tert-OH is 2. The van der Waals surface area contributed by atoms with E-state index in [-0.39, 0.29) is 63.3 Å². The summed E-state index contributed by atoms with van der Waals surface area (Å²) in [6, 6.07) is 14.8. The van der Waals surface area contributed by atoms with E-state index >= 15 is 0 Å². The van der Waals surface area contributed by atoms with Crippen molar-refractivity contribution < 1.29 is 54.0 Å². The number of amides is 6. The summed E-state index contributed by atoms with van der Waals surface area (Å²) in [4.78, 5) is 104. The summed E-state index contributed by atoms with van der Waals surface area (Å²) in [5, 5.41) is 57.2. The molecule has 0 radical (unpaired) electrons. The molecule has 72 heavy (non-hydrogen) atoms. The van der Waals surface area contributed by atoms with E-state index in [0.717, 1.165) is 10.5 Å². The second-order valence-corrected chi connectivity index (χ2v) is 18.6. The lowest BCUT2D eigenvalue weighted by Crippen LogP contribution is -2.61. The largest absolute Gasteiger partial charge is 0.508 e. The number of aromatic hydroxyl groups is 1. The van der Waals surface area contributed by atoms with Crippen molar-refractivity contribution in [2.24, 2.45) is 11.7 Å². The zero-order valence-electron chi connectivity index (χ0n) is 40.7. The summed E-state index contributed by atoms with van der Waals surface area (Å²) in [7, 11) is 0. The predicted molar refractivity (Wildman–Crippen MR) is 264 cm³/mol. The van der Waals surface area contributed by atoms with Gasteiger partial charge < -0.3 is 67.9 Å². The Morgan fingerprint density at radius 2 is 1.25 bits per heavy atom. The van der Waals surface area contributed by atoms with Gasteiger partial charge >= 0.3 is 5.97 Å². The first-order chi connectivity index (χ1) is 34.4. The van der Waals surface area contributed by atoms with Crippen LogP contribution >= 0.6 is 0 Å². The molecule has 4 aromatic rings. The molecule has 5 rings (SSSR count). The van der Waals surface area contributed by atoms with Gasteiger partial charge in [-0.25, -0.2) is 9.78 Å². The number of carboxylic acids is 1. The van der Waals surface area contributed by atoms with Gasteiger partial charge in [-0.2, -0.15) is 0 Å². The summed E-state index contributed by atoms with van der Waals surface area (Å²) in [6.45, 7) is 4.44. The lowest BCUT2D eigenvalue weighted by atomic mass is 10.00. The third-order valence-corrected chi connectivity index (χ3v) is 12.2. The second-order valence-electron chi connectivity index (χ2n) is 18.6. The van der Waals surface area contributed by atoms with Crippen LogP contribution in [0.3, 0.4) is 0 Å². The van der Waals surface area contributed by atoms with Crippen LogP contribution in [0.25, 0.3) is 0 Å². The van der Waals surface area contributed by atoms with Gasteiger partial charge in [-0.05, 0) is 73.8 Å². The van der Waals surface area contributed by atoms with E-state index in [1.807, 2.05) is 44.2 Å². The number of hydrogen-bond acceptors (Lipinski definition) is 13. The molecule has 9 atom stereocenters. The molecule has 388 valence electrons. The minimum Gasteiger partial charge on any atom is -0.508 e. The molecule has 21 heteroatoms. The lowest BCUT2D eigenvalue weighted by Gasteiger charge is -2.31. The topological polar surface area (TPSA) is 331 Å². The van der Waals surface area contributed by atoms with Crippen LogP contribution in [0, 0.1) is 5.92 Å². The number of phenolic OH excluding ortho intramolecular Hbond substituents is 1. The van der Waals surface area contributed by atoms with Crippen molar-refractivity contribution in [2.75, 3.05) is 19.7 Å². The van der Waals surface area contributed by atoms with E-state index in [4.69, 9.17) is 5.73 Å². The van der Waals surface area contributed by atoms with Crippen LogP contribution < -0.4 is 37.6 Å². The maximum absolute atomic E-state index is 14.7. The summed E-state index contributed by atoms with van der Waals surface area (Å²) in [5.74, 6) is -5.53. The summed E-state index contributed by atoms with van der Waals surface area (Å²) in [6.07, 6.45) is 2.53. The average molecular weight is 997 g/mol. The normalized spacial score (nSPS) is 16.8. The van der Waals surface area contributed by atoms with Crippen molar-refractivity contribution in [3.63, 3.8) is 0 Å². The highest BCUT2D eigenvalue weighted by Crippen LogP contribution is 2.20.